The summed E-state index contributed by atoms with van der Waals surface area (Å²) in [5.74, 6) is 2.46. The minimum Gasteiger partial charge on any atom is -0.379 e. The highest BCUT2D eigenvalue weighted by molar-refractivity contribution is 5.47. The van der Waals surface area contributed by atoms with Crippen molar-refractivity contribution in [2.24, 2.45) is 5.92 Å². The van der Waals surface area contributed by atoms with E-state index in [1.54, 1.807) is 0 Å². The van der Waals surface area contributed by atoms with Crippen molar-refractivity contribution in [3.8, 4) is 0 Å². The molecule has 1 aromatic rings. The van der Waals surface area contributed by atoms with Crippen molar-refractivity contribution < 1.29 is 9.47 Å². The number of anilines is 2. The first-order valence-corrected chi connectivity index (χ1v) is 9.46. The van der Waals surface area contributed by atoms with Gasteiger partial charge in [-0.25, -0.2) is 4.98 Å². The lowest BCUT2D eigenvalue weighted by atomic mass is 10.1. The van der Waals surface area contributed by atoms with Gasteiger partial charge in [-0.1, -0.05) is 6.92 Å². The first-order chi connectivity index (χ1) is 12.2. The predicted molar refractivity (Wildman–Crippen MR) is 97.4 cm³/mol. The molecule has 4 rings (SSSR count). The highest BCUT2D eigenvalue weighted by atomic mass is 16.5. The van der Waals surface area contributed by atoms with E-state index in [2.05, 4.69) is 34.7 Å². The minimum atomic E-state index is 0.430. The molecule has 0 radical (unpaired) electrons. The van der Waals surface area contributed by atoms with E-state index in [0.717, 1.165) is 83.0 Å². The molecule has 3 aliphatic heterocycles. The normalized spacial score (nSPS) is 28.1. The second-order valence-electron chi connectivity index (χ2n) is 7.37. The van der Waals surface area contributed by atoms with Gasteiger partial charge in [0.05, 0.1) is 32.5 Å². The zero-order chi connectivity index (χ0) is 17.2. The predicted octanol–water partition coefficient (Wildman–Crippen LogP) is 0.642. The lowest BCUT2D eigenvalue weighted by molar-refractivity contribution is 0.0929. The monoisotopic (exact) mass is 347 g/mol. The van der Waals surface area contributed by atoms with Crippen LogP contribution in [0.4, 0.5) is 11.8 Å². The van der Waals surface area contributed by atoms with E-state index < -0.39 is 0 Å². The van der Waals surface area contributed by atoms with Gasteiger partial charge in [-0.3, -0.25) is 4.90 Å². The fraction of sp³-hybridized carbons (Fsp3) is 0.778. The van der Waals surface area contributed by atoms with Crippen LogP contribution < -0.4 is 9.80 Å². The topological polar surface area (TPSA) is 54.0 Å². The zero-order valence-electron chi connectivity index (χ0n) is 15.4. The summed E-state index contributed by atoms with van der Waals surface area (Å²) in [6.45, 7) is 10.1. The van der Waals surface area contributed by atoms with Gasteiger partial charge in [0.25, 0.3) is 0 Å². The Morgan fingerprint density at radius 1 is 1.04 bits per heavy atom. The van der Waals surface area contributed by atoms with E-state index in [1.807, 2.05) is 0 Å². The lowest BCUT2D eigenvalue weighted by Crippen LogP contribution is -2.43. The summed E-state index contributed by atoms with van der Waals surface area (Å²) in [5.41, 5.74) is 1.12. The van der Waals surface area contributed by atoms with Crippen molar-refractivity contribution in [3.63, 3.8) is 0 Å². The van der Waals surface area contributed by atoms with E-state index in [1.165, 1.54) is 0 Å². The molecule has 0 saturated carbocycles. The SMILES string of the molecule is CCc1cc(N2C[C@@H]3COC[C@H](C2)N(C)C3)nc(N2CCOCC2)n1. The molecule has 7 heteroatoms. The molecule has 25 heavy (non-hydrogen) atoms. The second-order valence-corrected chi connectivity index (χ2v) is 7.37. The summed E-state index contributed by atoms with van der Waals surface area (Å²) in [6.07, 6.45) is 0.927. The summed E-state index contributed by atoms with van der Waals surface area (Å²) in [7, 11) is 2.21. The number of hydrogen-bond donors (Lipinski definition) is 0. The van der Waals surface area contributed by atoms with Gasteiger partial charge in [0, 0.05) is 50.4 Å². The Morgan fingerprint density at radius 2 is 1.88 bits per heavy atom. The van der Waals surface area contributed by atoms with Gasteiger partial charge in [-0.2, -0.15) is 4.98 Å². The average molecular weight is 347 g/mol. The van der Waals surface area contributed by atoms with Gasteiger partial charge >= 0.3 is 0 Å². The number of likely N-dealkylation sites (N-methyl/N-ethyl adjacent to an activating group) is 1. The number of rotatable bonds is 3. The third-order valence-electron chi connectivity index (χ3n) is 5.48. The van der Waals surface area contributed by atoms with Crippen molar-refractivity contribution in [2.75, 3.05) is 76.0 Å². The molecule has 138 valence electrons. The maximum Gasteiger partial charge on any atom is 0.227 e. The highest BCUT2D eigenvalue weighted by Crippen LogP contribution is 2.25. The van der Waals surface area contributed by atoms with Crippen LogP contribution in [0.15, 0.2) is 6.07 Å². The van der Waals surface area contributed by atoms with Crippen LogP contribution in [0.2, 0.25) is 0 Å². The molecule has 3 fully saturated rings. The zero-order valence-corrected chi connectivity index (χ0v) is 15.4. The van der Waals surface area contributed by atoms with E-state index in [0.29, 0.717) is 12.0 Å². The fourth-order valence-electron chi connectivity index (χ4n) is 3.95. The largest absolute Gasteiger partial charge is 0.379 e. The Hall–Kier alpha value is -1.44. The maximum atomic E-state index is 5.86. The molecular weight excluding hydrogens is 318 g/mol. The van der Waals surface area contributed by atoms with Gasteiger partial charge in [0.1, 0.15) is 5.82 Å². The first-order valence-electron chi connectivity index (χ1n) is 9.46. The number of hydrogen-bond acceptors (Lipinski definition) is 7. The quantitative estimate of drug-likeness (QED) is 0.795. The number of nitrogens with zero attached hydrogens (tertiary/aromatic N) is 5. The third kappa shape index (κ3) is 3.73. The molecule has 0 N–H and O–H groups in total. The summed E-state index contributed by atoms with van der Waals surface area (Å²) < 4.78 is 11.3. The summed E-state index contributed by atoms with van der Waals surface area (Å²) in [6, 6.07) is 2.60. The smallest absolute Gasteiger partial charge is 0.227 e. The van der Waals surface area contributed by atoms with Crippen LogP contribution in [0, 0.1) is 5.92 Å². The summed E-state index contributed by atoms with van der Waals surface area (Å²) >= 11 is 0. The Morgan fingerprint density at radius 3 is 2.68 bits per heavy atom. The molecule has 0 spiro atoms. The van der Waals surface area contributed by atoms with Crippen molar-refractivity contribution in [1.29, 1.82) is 0 Å². The number of ether oxygens (including phenoxy) is 2. The van der Waals surface area contributed by atoms with Crippen LogP contribution in [-0.4, -0.2) is 87.1 Å². The molecule has 0 amide bonds. The summed E-state index contributed by atoms with van der Waals surface area (Å²) in [4.78, 5) is 16.9. The van der Waals surface area contributed by atoms with Crippen molar-refractivity contribution in [3.05, 3.63) is 11.8 Å². The Bertz CT molecular complexity index is 593. The van der Waals surface area contributed by atoms with Gasteiger partial charge < -0.3 is 19.3 Å². The van der Waals surface area contributed by atoms with Crippen LogP contribution in [-0.2, 0) is 15.9 Å². The lowest BCUT2D eigenvalue weighted by Gasteiger charge is -2.32. The van der Waals surface area contributed by atoms with Crippen LogP contribution in [0.3, 0.4) is 0 Å². The van der Waals surface area contributed by atoms with E-state index >= 15 is 0 Å². The maximum absolute atomic E-state index is 5.86. The van der Waals surface area contributed by atoms with Crippen LogP contribution >= 0.6 is 0 Å². The first kappa shape index (κ1) is 17.0. The number of morpholine rings is 1. The molecule has 3 saturated heterocycles. The molecule has 4 heterocycles. The Kier molecular flexibility index (Phi) is 5.05. The standard InChI is InChI=1S/C18H29N5O2/c1-3-15-8-17(20-18(19-15)22-4-6-24-7-5-22)23-10-14-9-21(2)16(11-23)13-25-12-14/h8,14,16H,3-7,9-13H2,1-2H3/t14-,16+/m1/s1. The van der Waals surface area contributed by atoms with Crippen LogP contribution in [0.1, 0.15) is 12.6 Å². The molecule has 2 atom stereocenters. The van der Waals surface area contributed by atoms with E-state index in [9.17, 15) is 0 Å². The molecule has 1 aromatic heterocycles. The Balaban J connectivity index is 1.62. The number of aromatic nitrogens is 2. The van der Waals surface area contributed by atoms with Crippen molar-refractivity contribution >= 4 is 11.8 Å². The van der Waals surface area contributed by atoms with Crippen LogP contribution in [0.25, 0.3) is 0 Å². The molecule has 0 unspecified atom stereocenters. The van der Waals surface area contributed by atoms with Gasteiger partial charge in [0.15, 0.2) is 0 Å². The second kappa shape index (κ2) is 7.43. The number of fused-ring (bicyclic) bond motifs is 3. The molecule has 2 bridgehead atoms. The van der Waals surface area contributed by atoms with Crippen molar-refractivity contribution in [2.45, 2.75) is 19.4 Å². The molecule has 0 aliphatic carbocycles. The van der Waals surface area contributed by atoms with Gasteiger partial charge in [-0.15, -0.1) is 0 Å². The van der Waals surface area contributed by atoms with Gasteiger partial charge in [-0.05, 0) is 13.5 Å². The highest BCUT2D eigenvalue weighted by Gasteiger charge is 2.32. The molecule has 7 nitrogen and oxygen atoms in total. The molecule has 3 aliphatic rings. The van der Waals surface area contributed by atoms with E-state index in [-0.39, 0.29) is 0 Å². The van der Waals surface area contributed by atoms with Gasteiger partial charge in [0.2, 0.25) is 5.95 Å². The summed E-state index contributed by atoms with van der Waals surface area (Å²) in [5, 5.41) is 0. The average Bonchev–Trinajstić information content (AvgIpc) is 2.90. The van der Waals surface area contributed by atoms with E-state index in [4.69, 9.17) is 19.4 Å². The van der Waals surface area contributed by atoms with Crippen LogP contribution in [0.5, 0.6) is 0 Å². The van der Waals surface area contributed by atoms with Crippen molar-refractivity contribution in [1.82, 2.24) is 14.9 Å². The molecular formula is C18H29N5O2. The number of aryl methyl sites for hydroxylation is 1. The third-order valence-corrected chi connectivity index (χ3v) is 5.48. The fourth-order valence-corrected chi connectivity index (χ4v) is 3.95. The Labute approximate surface area is 149 Å². The minimum absolute atomic E-state index is 0.430. The molecule has 0 aromatic carbocycles.